The van der Waals surface area contributed by atoms with Crippen LogP contribution in [0.5, 0.6) is 0 Å². The molecule has 0 aliphatic heterocycles. The smallest absolute Gasteiger partial charge is 0.0638 e. The minimum Gasteiger partial charge on any atom is -0.144 e. The van der Waals surface area contributed by atoms with Crippen LogP contribution in [0.1, 0.15) is 1.37 Å². The number of benzene rings is 1. The largest absolute Gasteiger partial charge is 0.144 e. The third kappa shape index (κ3) is 0.736. The Hall–Kier alpha value is -0.820. The highest BCUT2D eigenvalue weighted by Crippen LogP contribution is 2.18. The van der Waals surface area contributed by atoms with Crippen LogP contribution in [-0.4, -0.2) is 0 Å². The lowest BCUT2D eigenvalue weighted by atomic mass is 10.3. The van der Waals surface area contributed by atoms with Crippen LogP contribution in [0.25, 0.3) is 10.1 Å². The van der Waals surface area contributed by atoms with E-state index in [1.54, 1.807) is 11.3 Å². The lowest BCUT2D eigenvalue weighted by Gasteiger charge is -1.82. The van der Waals surface area contributed by atoms with E-state index in [0.29, 0.717) is 6.04 Å². The number of hydrogen-bond acceptors (Lipinski definition) is 1. The molecule has 0 radical (unpaired) electrons. The van der Waals surface area contributed by atoms with E-state index in [9.17, 15) is 0 Å². The first-order chi connectivity index (χ1) is 4.88. The quantitative estimate of drug-likeness (QED) is 0.522. The maximum Gasteiger partial charge on any atom is 0.0638 e. The molecule has 0 N–H and O–H groups in total. The third-order valence-corrected chi connectivity index (χ3v) is 2.13. The Balaban J connectivity index is 2.93. The monoisotopic (exact) mass is 136 g/mol. The van der Waals surface area contributed by atoms with Crippen LogP contribution in [0.3, 0.4) is 0 Å². The molecule has 0 nitrogen and oxygen atoms in total. The van der Waals surface area contributed by atoms with Crippen molar-refractivity contribution in [3.63, 3.8) is 0 Å². The Bertz CT molecular complexity index is 351. The summed E-state index contributed by atoms with van der Waals surface area (Å²) in [6, 6.07) is 8.62. The molecular weight excluding hydrogens is 128 g/mol. The summed E-state index contributed by atoms with van der Waals surface area (Å²) in [5.41, 5.74) is 0. The van der Waals surface area contributed by atoms with Crippen LogP contribution >= 0.6 is 11.3 Å². The van der Waals surface area contributed by atoms with Crippen LogP contribution < -0.4 is 0 Å². The molecule has 0 aliphatic carbocycles. The summed E-state index contributed by atoms with van der Waals surface area (Å²) < 4.78 is 8.66. The summed E-state index contributed by atoms with van der Waals surface area (Å²) in [4.78, 5) is 0. The van der Waals surface area contributed by atoms with Gasteiger partial charge in [0.05, 0.1) is 1.37 Å². The van der Waals surface area contributed by atoms with Gasteiger partial charge in [0.1, 0.15) is 0 Å². The average molecular weight is 136 g/mol. The molecule has 0 aliphatic rings. The zero-order valence-corrected chi connectivity index (χ0v) is 5.61. The Labute approximate surface area is 59.2 Å². The molecule has 0 bridgehead atoms. The van der Waals surface area contributed by atoms with Crippen molar-refractivity contribution in [3.05, 3.63) is 35.7 Å². The average Bonchev–Trinajstić information content (AvgIpc) is 2.34. The van der Waals surface area contributed by atoms with Gasteiger partial charge in [-0.3, -0.25) is 0 Å². The summed E-state index contributed by atoms with van der Waals surface area (Å²) in [6.45, 7) is 0. The van der Waals surface area contributed by atoms with E-state index in [2.05, 4.69) is 0 Å². The van der Waals surface area contributed by atoms with Crippen LogP contribution in [0.2, 0.25) is 0 Å². The van der Waals surface area contributed by atoms with Crippen molar-refractivity contribution in [2.24, 2.45) is 0 Å². The molecular formula is C8H6S. The van der Waals surface area contributed by atoms with E-state index < -0.39 is 0 Å². The van der Waals surface area contributed by atoms with Gasteiger partial charge in [0, 0.05) is 4.70 Å². The van der Waals surface area contributed by atoms with E-state index in [1.807, 2.05) is 29.6 Å². The zero-order valence-electron chi connectivity index (χ0n) is 5.79. The summed E-state index contributed by atoms with van der Waals surface area (Å²) in [5.74, 6) is 0. The van der Waals surface area contributed by atoms with Crippen LogP contribution in [0, 0.1) is 0 Å². The SMILES string of the molecule is [3H]c1csc2ccccc12. The number of thiophene rings is 1. The summed E-state index contributed by atoms with van der Waals surface area (Å²) in [7, 11) is 0. The van der Waals surface area contributed by atoms with E-state index in [0.717, 1.165) is 5.39 Å². The maximum absolute atomic E-state index is 7.45. The predicted octanol–water partition coefficient (Wildman–Crippen LogP) is 2.90. The van der Waals surface area contributed by atoms with E-state index in [1.165, 1.54) is 4.70 Å². The molecule has 1 aromatic heterocycles. The number of hydrogen-bond donors (Lipinski definition) is 0. The predicted molar refractivity (Wildman–Crippen MR) is 41.8 cm³/mol. The molecule has 0 atom stereocenters. The van der Waals surface area contributed by atoms with Gasteiger partial charge in [0.15, 0.2) is 0 Å². The molecule has 0 amide bonds. The van der Waals surface area contributed by atoms with Crippen molar-refractivity contribution in [2.45, 2.75) is 0 Å². The van der Waals surface area contributed by atoms with Gasteiger partial charge in [-0.25, -0.2) is 0 Å². The Morgan fingerprint density at radius 2 is 2.22 bits per heavy atom. The number of rotatable bonds is 0. The zero-order chi connectivity index (χ0) is 6.97. The normalized spacial score (nSPS) is 11.8. The van der Waals surface area contributed by atoms with Crippen molar-refractivity contribution < 1.29 is 1.37 Å². The standard InChI is InChI=1S/C8H6S/c1-2-4-8-7(3-1)5-6-9-8/h1-6H/i5T. The molecule has 1 heterocycles. The fourth-order valence-corrected chi connectivity index (χ4v) is 1.57. The van der Waals surface area contributed by atoms with Crippen molar-refractivity contribution in [2.75, 3.05) is 0 Å². The van der Waals surface area contributed by atoms with Crippen LogP contribution in [-0.2, 0) is 0 Å². The highest BCUT2D eigenvalue weighted by atomic mass is 32.1. The van der Waals surface area contributed by atoms with E-state index >= 15 is 0 Å². The van der Waals surface area contributed by atoms with Gasteiger partial charge in [-0.2, -0.15) is 0 Å². The lowest BCUT2D eigenvalue weighted by molar-refractivity contribution is 1.86. The van der Waals surface area contributed by atoms with Crippen LogP contribution in [0.15, 0.2) is 35.7 Å². The second-order valence-electron chi connectivity index (χ2n) is 1.88. The van der Waals surface area contributed by atoms with Gasteiger partial charge in [-0.15, -0.1) is 11.3 Å². The molecule has 1 aromatic carbocycles. The molecule has 0 unspecified atom stereocenters. The fourth-order valence-electron chi connectivity index (χ4n) is 0.845. The van der Waals surface area contributed by atoms with Gasteiger partial charge in [0.25, 0.3) is 0 Å². The van der Waals surface area contributed by atoms with Gasteiger partial charge in [0.2, 0.25) is 0 Å². The molecule has 2 rings (SSSR count). The Kier molecular flexibility index (Phi) is 0.836. The van der Waals surface area contributed by atoms with Crippen molar-refractivity contribution in [3.8, 4) is 0 Å². The minimum atomic E-state index is 0.639. The first kappa shape index (κ1) is 4.07. The number of fused-ring (bicyclic) bond motifs is 1. The van der Waals surface area contributed by atoms with Crippen LogP contribution in [0.4, 0.5) is 0 Å². The second-order valence-corrected chi connectivity index (χ2v) is 2.79. The van der Waals surface area contributed by atoms with Crippen molar-refractivity contribution in [1.29, 1.82) is 0 Å². The first-order valence-corrected chi connectivity index (χ1v) is 3.69. The maximum atomic E-state index is 7.45. The highest BCUT2D eigenvalue weighted by molar-refractivity contribution is 7.17. The molecule has 9 heavy (non-hydrogen) atoms. The highest BCUT2D eigenvalue weighted by Gasteiger charge is 1.87. The summed E-state index contributed by atoms with van der Waals surface area (Å²) >= 11 is 1.63. The summed E-state index contributed by atoms with van der Waals surface area (Å²) in [6.07, 6.45) is 0. The van der Waals surface area contributed by atoms with E-state index in [-0.39, 0.29) is 0 Å². The first-order valence-electron chi connectivity index (χ1n) is 3.31. The molecule has 2 aromatic rings. The van der Waals surface area contributed by atoms with Crippen molar-refractivity contribution >= 4 is 21.4 Å². The Morgan fingerprint density at radius 1 is 1.33 bits per heavy atom. The molecule has 0 fully saturated rings. The summed E-state index contributed by atoms with van der Waals surface area (Å²) in [5, 5.41) is 2.93. The molecule has 0 saturated carbocycles. The topological polar surface area (TPSA) is 0 Å². The second kappa shape index (κ2) is 1.85. The van der Waals surface area contributed by atoms with Crippen molar-refractivity contribution in [1.82, 2.24) is 0 Å². The molecule has 44 valence electrons. The Morgan fingerprint density at radius 3 is 3.11 bits per heavy atom. The fraction of sp³-hybridized carbons (Fsp3) is 0. The van der Waals surface area contributed by atoms with Gasteiger partial charge < -0.3 is 0 Å². The molecule has 0 saturated heterocycles. The minimum absolute atomic E-state index is 0.639. The third-order valence-electron chi connectivity index (χ3n) is 1.29. The molecule has 0 spiro atoms. The van der Waals surface area contributed by atoms with Gasteiger partial charge >= 0.3 is 0 Å². The van der Waals surface area contributed by atoms with Gasteiger partial charge in [-0.05, 0) is 22.9 Å². The van der Waals surface area contributed by atoms with E-state index in [4.69, 9.17) is 1.37 Å². The van der Waals surface area contributed by atoms with Gasteiger partial charge in [-0.1, -0.05) is 18.2 Å². The molecule has 1 heteroatoms. The lowest BCUT2D eigenvalue weighted by Crippen LogP contribution is -1.56.